The number of aryl methyl sites for hydroxylation is 1. The summed E-state index contributed by atoms with van der Waals surface area (Å²) in [6, 6.07) is 11.0. The Morgan fingerprint density at radius 2 is 1.76 bits per heavy atom. The van der Waals surface area contributed by atoms with Crippen LogP contribution in [0.15, 0.2) is 42.5 Å². The topological polar surface area (TPSA) is 184 Å². The van der Waals surface area contributed by atoms with Crippen LogP contribution in [0.4, 0.5) is 22.0 Å². The molecule has 0 saturated carbocycles. The molecule has 12 nitrogen and oxygen atoms in total. The Kier molecular flexibility index (Phi) is 6.17. The molecule has 0 aliphatic rings. The molecular formula is C20H18ClN9O3. The van der Waals surface area contributed by atoms with Gasteiger partial charge in [-0.05, 0) is 42.5 Å². The van der Waals surface area contributed by atoms with Crippen molar-refractivity contribution in [3.8, 4) is 0 Å². The minimum Gasteiger partial charge on any atom is -0.364 e. The third-order valence-electron chi connectivity index (χ3n) is 4.53. The molecule has 0 fully saturated rings. The zero-order chi connectivity index (χ0) is 23.4. The van der Waals surface area contributed by atoms with Crippen molar-refractivity contribution in [3.63, 3.8) is 0 Å². The third-order valence-corrected chi connectivity index (χ3v) is 4.78. The molecule has 0 aliphatic heterocycles. The number of nitrogens with zero attached hydrogens (tertiary/aromatic N) is 3. The smallest absolute Gasteiger partial charge is 0.324 e. The van der Waals surface area contributed by atoms with Gasteiger partial charge in [0.25, 0.3) is 5.91 Å². The number of hydrogen-bond acceptors (Lipinski definition) is 6. The minimum atomic E-state index is -0.829. The van der Waals surface area contributed by atoms with Gasteiger partial charge >= 0.3 is 6.03 Å². The van der Waals surface area contributed by atoms with Crippen LogP contribution in [0.5, 0.6) is 0 Å². The maximum Gasteiger partial charge on any atom is 0.324 e. The molecule has 0 atom stereocenters. The van der Waals surface area contributed by atoms with E-state index in [1.54, 1.807) is 42.5 Å². The number of rotatable bonds is 7. The van der Waals surface area contributed by atoms with Gasteiger partial charge in [0.15, 0.2) is 5.69 Å². The maximum absolute atomic E-state index is 12.3. The highest BCUT2D eigenvalue weighted by Gasteiger charge is 2.18. The standard InChI is InChI=1S/C20H18ClN9O3/c21-10-1-3-11(4-2-10)24-20(33)27-19-17(18(22)32)25-15(26-19)7-8-16(31)23-12-5-6-13-14(9-12)29-30-28-13/h1-6,9H,7-8H2,(H2,22,32)(H,23,31)(H,25,26)(H2,24,27,33)(H,28,29,30). The molecule has 4 aromatic rings. The number of carbonyl (C=O) groups excluding carboxylic acids is 3. The molecule has 168 valence electrons. The second-order valence-corrected chi connectivity index (χ2v) is 7.39. The molecule has 4 amide bonds. The molecule has 0 unspecified atom stereocenters. The number of benzene rings is 2. The number of amides is 4. The van der Waals surface area contributed by atoms with Gasteiger partial charge in [0.1, 0.15) is 17.2 Å². The molecule has 13 heteroatoms. The first-order valence-corrected chi connectivity index (χ1v) is 10.1. The van der Waals surface area contributed by atoms with E-state index in [0.29, 0.717) is 27.7 Å². The third kappa shape index (κ3) is 5.43. The Morgan fingerprint density at radius 1 is 1.00 bits per heavy atom. The average molecular weight is 468 g/mol. The van der Waals surface area contributed by atoms with Gasteiger partial charge < -0.3 is 21.4 Å². The number of hydrogen-bond donors (Lipinski definition) is 6. The van der Waals surface area contributed by atoms with Crippen molar-refractivity contribution in [1.82, 2.24) is 25.4 Å². The number of aromatic amines is 2. The minimum absolute atomic E-state index is 0.0286. The Hall–Kier alpha value is -4.45. The molecule has 0 bridgehead atoms. The molecule has 4 rings (SSSR count). The lowest BCUT2D eigenvalue weighted by Crippen LogP contribution is -2.22. The van der Waals surface area contributed by atoms with E-state index in [1.165, 1.54) is 0 Å². The van der Waals surface area contributed by atoms with Crippen LogP contribution in [0, 0.1) is 0 Å². The summed E-state index contributed by atoms with van der Waals surface area (Å²) >= 11 is 5.82. The van der Waals surface area contributed by atoms with E-state index < -0.39 is 11.9 Å². The number of aromatic nitrogens is 5. The first kappa shape index (κ1) is 21.8. The predicted octanol–water partition coefficient (Wildman–Crippen LogP) is 2.65. The van der Waals surface area contributed by atoms with E-state index >= 15 is 0 Å². The van der Waals surface area contributed by atoms with Crippen LogP contribution >= 0.6 is 11.6 Å². The lowest BCUT2D eigenvalue weighted by Gasteiger charge is -2.07. The summed E-state index contributed by atoms with van der Waals surface area (Å²) in [6.45, 7) is 0. The summed E-state index contributed by atoms with van der Waals surface area (Å²) in [4.78, 5) is 43.2. The normalized spacial score (nSPS) is 10.7. The molecule has 0 spiro atoms. The van der Waals surface area contributed by atoms with Crippen LogP contribution in [0.1, 0.15) is 22.7 Å². The van der Waals surface area contributed by atoms with E-state index in [2.05, 4.69) is 41.3 Å². The molecule has 7 N–H and O–H groups in total. The highest BCUT2D eigenvalue weighted by atomic mass is 35.5. The van der Waals surface area contributed by atoms with Gasteiger partial charge in [-0.15, -0.1) is 5.10 Å². The van der Waals surface area contributed by atoms with E-state index in [-0.39, 0.29) is 30.3 Å². The largest absolute Gasteiger partial charge is 0.364 e. The summed E-state index contributed by atoms with van der Waals surface area (Å²) in [5, 5.41) is 18.7. The number of imidazole rings is 1. The summed E-state index contributed by atoms with van der Waals surface area (Å²) in [5.74, 6) is -0.761. The van der Waals surface area contributed by atoms with E-state index in [9.17, 15) is 14.4 Å². The molecule has 2 aromatic carbocycles. The summed E-state index contributed by atoms with van der Waals surface area (Å²) in [6.07, 6.45) is 0.248. The maximum atomic E-state index is 12.3. The van der Waals surface area contributed by atoms with Gasteiger partial charge in [0.2, 0.25) is 5.91 Å². The molecule has 2 aromatic heterocycles. The van der Waals surface area contributed by atoms with Crippen molar-refractivity contribution >= 4 is 57.7 Å². The summed E-state index contributed by atoms with van der Waals surface area (Å²) in [7, 11) is 0. The lowest BCUT2D eigenvalue weighted by atomic mass is 10.2. The van der Waals surface area contributed by atoms with Crippen molar-refractivity contribution in [2.75, 3.05) is 16.0 Å². The number of primary amides is 1. The van der Waals surface area contributed by atoms with Crippen molar-refractivity contribution in [1.29, 1.82) is 0 Å². The number of anilines is 3. The number of carbonyl (C=O) groups is 3. The number of halogens is 1. The quantitative estimate of drug-likeness (QED) is 0.242. The van der Waals surface area contributed by atoms with Gasteiger partial charge in [0.05, 0.1) is 5.52 Å². The predicted molar refractivity (Wildman–Crippen MR) is 122 cm³/mol. The molecule has 33 heavy (non-hydrogen) atoms. The van der Waals surface area contributed by atoms with Crippen LogP contribution < -0.4 is 21.7 Å². The van der Waals surface area contributed by atoms with Crippen LogP contribution in [0.2, 0.25) is 5.02 Å². The number of nitrogens with two attached hydrogens (primary N) is 1. The first-order chi connectivity index (χ1) is 15.9. The second kappa shape index (κ2) is 9.36. The fourth-order valence-electron chi connectivity index (χ4n) is 2.99. The van der Waals surface area contributed by atoms with E-state index in [4.69, 9.17) is 17.3 Å². The first-order valence-electron chi connectivity index (χ1n) is 9.70. The molecule has 0 radical (unpaired) electrons. The zero-order valence-corrected chi connectivity index (χ0v) is 17.7. The van der Waals surface area contributed by atoms with Crippen molar-refractivity contribution in [2.45, 2.75) is 12.8 Å². The highest BCUT2D eigenvalue weighted by molar-refractivity contribution is 6.30. The van der Waals surface area contributed by atoms with Gasteiger partial charge in [0, 0.05) is 29.2 Å². The Bertz CT molecular complexity index is 1330. The van der Waals surface area contributed by atoms with Crippen LogP contribution in [0.3, 0.4) is 0 Å². The van der Waals surface area contributed by atoms with Gasteiger partial charge in [-0.3, -0.25) is 20.0 Å². The fourth-order valence-corrected chi connectivity index (χ4v) is 3.12. The van der Waals surface area contributed by atoms with Crippen molar-refractivity contribution < 1.29 is 14.4 Å². The van der Waals surface area contributed by atoms with Gasteiger partial charge in [-0.2, -0.15) is 0 Å². The van der Waals surface area contributed by atoms with E-state index in [0.717, 1.165) is 5.52 Å². The highest BCUT2D eigenvalue weighted by Crippen LogP contribution is 2.18. The number of fused-ring (bicyclic) bond motifs is 1. The van der Waals surface area contributed by atoms with Gasteiger partial charge in [-0.25, -0.2) is 9.78 Å². The van der Waals surface area contributed by atoms with Crippen LogP contribution in [0.25, 0.3) is 11.0 Å². The lowest BCUT2D eigenvalue weighted by molar-refractivity contribution is -0.116. The molecule has 2 heterocycles. The molecule has 0 saturated heterocycles. The number of urea groups is 1. The second-order valence-electron chi connectivity index (χ2n) is 6.95. The van der Waals surface area contributed by atoms with Crippen LogP contribution in [-0.4, -0.2) is 43.2 Å². The Morgan fingerprint density at radius 3 is 2.52 bits per heavy atom. The van der Waals surface area contributed by atoms with E-state index in [1.807, 2.05) is 0 Å². The Labute approximate surface area is 191 Å². The van der Waals surface area contributed by atoms with Gasteiger partial charge in [-0.1, -0.05) is 16.8 Å². The SMILES string of the molecule is NC(=O)c1nc(CCC(=O)Nc2ccc3[nH]nnc3c2)[nH]c1NC(=O)Nc1ccc(Cl)cc1. The summed E-state index contributed by atoms with van der Waals surface area (Å²) in [5.41, 5.74) is 7.66. The van der Waals surface area contributed by atoms with Crippen molar-refractivity contribution in [3.05, 3.63) is 59.0 Å². The van der Waals surface area contributed by atoms with Crippen molar-refractivity contribution in [2.24, 2.45) is 5.73 Å². The fraction of sp³-hybridized carbons (Fsp3) is 0.100. The van der Waals surface area contributed by atoms with Crippen LogP contribution in [-0.2, 0) is 11.2 Å². The summed E-state index contributed by atoms with van der Waals surface area (Å²) < 4.78 is 0. The molecule has 0 aliphatic carbocycles. The Balaban J connectivity index is 1.37. The zero-order valence-electron chi connectivity index (χ0n) is 17.0. The number of nitrogens with one attached hydrogen (secondary N) is 5. The molecular weight excluding hydrogens is 450 g/mol. The average Bonchev–Trinajstić information content (AvgIpc) is 3.40. The monoisotopic (exact) mass is 467 g/mol. The number of H-pyrrole nitrogens is 2.